The fraction of sp³-hybridized carbons (Fsp3) is 0.233. The van der Waals surface area contributed by atoms with E-state index >= 15 is 0 Å². The lowest BCUT2D eigenvalue weighted by molar-refractivity contribution is 0.0707. The first-order valence-corrected chi connectivity index (χ1v) is 13.3. The lowest BCUT2D eigenvalue weighted by Crippen LogP contribution is -2.38. The number of carbonyl (C=O) groups excluding carboxylic acids is 2. The zero-order valence-corrected chi connectivity index (χ0v) is 22.6. The fourth-order valence-electron chi connectivity index (χ4n) is 4.37. The maximum atomic E-state index is 13.8. The van der Waals surface area contributed by atoms with E-state index in [0.29, 0.717) is 23.5 Å². The van der Waals surface area contributed by atoms with Crippen LogP contribution in [0.15, 0.2) is 88.1 Å². The molecule has 4 aromatic rings. The minimum Gasteiger partial charge on any atom is -0.331 e. The van der Waals surface area contributed by atoms with Gasteiger partial charge in [-0.25, -0.2) is 4.68 Å². The van der Waals surface area contributed by atoms with Gasteiger partial charge < -0.3 is 4.90 Å². The summed E-state index contributed by atoms with van der Waals surface area (Å²) in [7, 11) is 0. The van der Waals surface area contributed by atoms with Gasteiger partial charge in [0.1, 0.15) is 5.56 Å². The number of amides is 1. The number of ketones is 1. The summed E-state index contributed by atoms with van der Waals surface area (Å²) < 4.78 is 2.23. The second-order valence-electron chi connectivity index (χ2n) is 8.86. The number of aryl methyl sites for hydroxylation is 1. The normalized spacial score (nSPS) is 10.9. The molecule has 190 valence electrons. The summed E-state index contributed by atoms with van der Waals surface area (Å²) in [6, 6.07) is 24.1. The number of halogens is 1. The second kappa shape index (κ2) is 12.0. The van der Waals surface area contributed by atoms with Gasteiger partial charge in [0.05, 0.1) is 17.9 Å². The number of aromatic nitrogens is 2. The maximum absolute atomic E-state index is 13.8. The van der Waals surface area contributed by atoms with Crippen LogP contribution in [0.4, 0.5) is 0 Å². The van der Waals surface area contributed by atoms with E-state index in [9.17, 15) is 14.4 Å². The predicted molar refractivity (Wildman–Crippen MR) is 150 cm³/mol. The summed E-state index contributed by atoms with van der Waals surface area (Å²) in [4.78, 5) is 42.5. The molecule has 1 aromatic heterocycles. The number of H-pyrrole nitrogens is 1. The molecule has 0 spiro atoms. The van der Waals surface area contributed by atoms with Gasteiger partial charge in [-0.2, -0.15) is 0 Å². The number of aromatic amines is 1. The molecular weight excluding hydrogens is 530 g/mol. The monoisotopic (exact) mass is 559 g/mol. The van der Waals surface area contributed by atoms with Crippen LogP contribution < -0.4 is 5.56 Å². The van der Waals surface area contributed by atoms with E-state index in [1.807, 2.05) is 74.5 Å². The average Bonchev–Trinajstić information content (AvgIpc) is 3.27. The van der Waals surface area contributed by atoms with Gasteiger partial charge in [0, 0.05) is 22.1 Å². The van der Waals surface area contributed by atoms with E-state index in [0.717, 1.165) is 34.9 Å². The predicted octanol–water partition coefficient (Wildman–Crippen LogP) is 6.28. The number of nitrogens with one attached hydrogen (secondary N) is 1. The van der Waals surface area contributed by atoms with E-state index in [1.165, 1.54) is 4.68 Å². The smallest absolute Gasteiger partial charge is 0.282 e. The molecule has 0 fully saturated rings. The first kappa shape index (κ1) is 26.4. The summed E-state index contributed by atoms with van der Waals surface area (Å²) in [6.45, 7) is 4.29. The Morgan fingerprint density at radius 2 is 1.68 bits per heavy atom. The molecule has 0 aliphatic heterocycles. The molecule has 1 amide bonds. The van der Waals surface area contributed by atoms with Crippen LogP contribution in [-0.4, -0.2) is 39.5 Å². The van der Waals surface area contributed by atoms with Crippen molar-refractivity contribution in [3.8, 4) is 16.9 Å². The Morgan fingerprint density at radius 3 is 2.38 bits per heavy atom. The number of Topliss-reactive ketones (excluding diaryl/α,β-unsaturated/α-hetero) is 1. The highest BCUT2D eigenvalue weighted by atomic mass is 79.9. The maximum Gasteiger partial charge on any atom is 0.282 e. The molecule has 3 aromatic carbocycles. The minimum absolute atomic E-state index is 0.0562. The average molecular weight is 560 g/mol. The van der Waals surface area contributed by atoms with Crippen LogP contribution in [0.2, 0.25) is 0 Å². The number of para-hydroxylation sites is 1. The third-order valence-corrected chi connectivity index (χ3v) is 6.81. The number of carbonyl (C=O) groups is 2. The number of nitrogens with zero attached hydrogens (tertiary/aromatic N) is 2. The standard InChI is InChI=1S/C30H30BrN3O3/c1-3-5-18-33(29(36)23-15-11-16-24(31)19-23)20-26(35)27-28(22-13-7-6-8-14-22)32-34(30(27)37)25-17-10-9-12-21(25)4-2/h6-17,19,32H,3-5,18,20H2,1-2H3. The van der Waals surface area contributed by atoms with Crippen molar-refractivity contribution in [2.24, 2.45) is 0 Å². The second-order valence-corrected chi connectivity index (χ2v) is 9.78. The van der Waals surface area contributed by atoms with E-state index < -0.39 is 11.3 Å². The molecule has 37 heavy (non-hydrogen) atoms. The molecule has 0 bridgehead atoms. The number of benzene rings is 3. The third-order valence-electron chi connectivity index (χ3n) is 6.32. The van der Waals surface area contributed by atoms with E-state index in [1.54, 1.807) is 23.1 Å². The van der Waals surface area contributed by atoms with Crippen molar-refractivity contribution < 1.29 is 9.59 Å². The quantitative estimate of drug-likeness (QED) is 0.232. The van der Waals surface area contributed by atoms with Crippen LogP contribution in [0.5, 0.6) is 0 Å². The topological polar surface area (TPSA) is 75.2 Å². The SMILES string of the molecule is CCCCN(CC(=O)c1c(-c2ccccc2)[nH]n(-c2ccccc2CC)c1=O)C(=O)c1cccc(Br)c1. The summed E-state index contributed by atoms with van der Waals surface area (Å²) in [5.74, 6) is -0.635. The van der Waals surface area contributed by atoms with E-state index in [2.05, 4.69) is 21.0 Å². The Morgan fingerprint density at radius 1 is 0.946 bits per heavy atom. The van der Waals surface area contributed by atoms with Crippen LogP contribution in [0.3, 0.4) is 0 Å². The molecule has 7 heteroatoms. The number of rotatable bonds is 10. The van der Waals surface area contributed by atoms with Crippen LogP contribution in [0.25, 0.3) is 16.9 Å². The number of hydrogen-bond donors (Lipinski definition) is 1. The van der Waals surface area contributed by atoms with Crippen LogP contribution >= 0.6 is 15.9 Å². The van der Waals surface area contributed by atoms with Crippen molar-refractivity contribution in [3.63, 3.8) is 0 Å². The Balaban J connectivity index is 1.78. The Labute approximate surface area is 225 Å². The Bertz CT molecular complexity index is 1460. The van der Waals surface area contributed by atoms with E-state index in [-0.39, 0.29) is 18.0 Å². The van der Waals surface area contributed by atoms with Gasteiger partial charge >= 0.3 is 0 Å². The number of hydrogen-bond acceptors (Lipinski definition) is 3. The summed E-state index contributed by atoms with van der Waals surface area (Å²) >= 11 is 3.42. The lowest BCUT2D eigenvalue weighted by atomic mass is 10.0. The van der Waals surface area contributed by atoms with Gasteiger partial charge in [-0.15, -0.1) is 0 Å². The highest BCUT2D eigenvalue weighted by molar-refractivity contribution is 9.10. The highest BCUT2D eigenvalue weighted by Gasteiger charge is 2.27. The number of unbranched alkanes of at least 4 members (excludes halogenated alkanes) is 1. The van der Waals surface area contributed by atoms with Crippen molar-refractivity contribution in [1.29, 1.82) is 0 Å². The largest absolute Gasteiger partial charge is 0.331 e. The minimum atomic E-state index is -0.421. The third kappa shape index (κ3) is 5.83. The molecule has 6 nitrogen and oxygen atoms in total. The van der Waals surface area contributed by atoms with Crippen LogP contribution in [0.1, 0.15) is 53.0 Å². The molecule has 0 unspecified atom stereocenters. The van der Waals surface area contributed by atoms with Gasteiger partial charge in [-0.3, -0.25) is 19.5 Å². The Hall–Kier alpha value is -3.71. The summed E-state index contributed by atoms with van der Waals surface area (Å²) in [6.07, 6.45) is 2.35. The van der Waals surface area contributed by atoms with Gasteiger partial charge in [0.2, 0.25) is 0 Å². The zero-order chi connectivity index (χ0) is 26.4. The molecule has 1 heterocycles. The van der Waals surface area contributed by atoms with Gasteiger partial charge in [-0.05, 0) is 42.7 Å². The van der Waals surface area contributed by atoms with Crippen molar-refractivity contribution in [1.82, 2.24) is 14.7 Å². The molecule has 0 aliphatic carbocycles. The first-order chi connectivity index (χ1) is 17.9. The molecule has 0 aliphatic rings. The lowest BCUT2D eigenvalue weighted by Gasteiger charge is -2.22. The van der Waals surface area contributed by atoms with Crippen LogP contribution in [0, 0.1) is 0 Å². The van der Waals surface area contributed by atoms with Gasteiger partial charge in [-0.1, -0.05) is 90.8 Å². The fourth-order valence-corrected chi connectivity index (χ4v) is 4.76. The van der Waals surface area contributed by atoms with Gasteiger partial charge in [0.25, 0.3) is 11.5 Å². The highest BCUT2D eigenvalue weighted by Crippen LogP contribution is 2.23. The Kier molecular flexibility index (Phi) is 8.56. The van der Waals surface area contributed by atoms with Gasteiger partial charge in [0.15, 0.2) is 5.78 Å². The first-order valence-electron chi connectivity index (χ1n) is 12.5. The molecule has 1 N–H and O–H groups in total. The van der Waals surface area contributed by atoms with Crippen molar-refractivity contribution >= 4 is 27.6 Å². The zero-order valence-electron chi connectivity index (χ0n) is 21.0. The van der Waals surface area contributed by atoms with Crippen LogP contribution in [-0.2, 0) is 6.42 Å². The molecule has 0 radical (unpaired) electrons. The van der Waals surface area contributed by atoms with Crippen molar-refractivity contribution in [2.75, 3.05) is 13.1 Å². The molecule has 4 rings (SSSR count). The summed E-state index contributed by atoms with van der Waals surface area (Å²) in [5, 5.41) is 3.20. The van der Waals surface area contributed by atoms with E-state index in [4.69, 9.17) is 0 Å². The molecular formula is C30H30BrN3O3. The van der Waals surface area contributed by atoms with Crippen molar-refractivity contribution in [3.05, 3.63) is 110 Å². The molecule has 0 saturated heterocycles. The van der Waals surface area contributed by atoms with Crippen molar-refractivity contribution in [2.45, 2.75) is 33.1 Å². The molecule has 0 atom stereocenters. The molecule has 0 saturated carbocycles. The summed E-state index contributed by atoms with van der Waals surface area (Å²) in [5.41, 5.74) is 3.00.